The molecule has 1 fully saturated rings. The maximum absolute atomic E-state index is 12.0. The molecular weight excluding hydrogens is 294 g/mol. The third kappa shape index (κ3) is 3.81. The Morgan fingerprint density at radius 2 is 1.96 bits per heavy atom. The lowest BCUT2D eigenvalue weighted by molar-refractivity contribution is -0.123. The van der Waals surface area contributed by atoms with Crippen LogP contribution in [-0.2, 0) is 4.79 Å². The van der Waals surface area contributed by atoms with Gasteiger partial charge in [0.1, 0.15) is 5.75 Å². The minimum atomic E-state index is -0.549. The fourth-order valence-corrected chi connectivity index (χ4v) is 3.09. The van der Waals surface area contributed by atoms with Gasteiger partial charge in [0.25, 0.3) is 5.91 Å². The minimum absolute atomic E-state index is 0.0544. The van der Waals surface area contributed by atoms with Gasteiger partial charge >= 0.3 is 0 Å². The fraction of sp³-hybridized carbons (Fsp3) is 0.389. The number of rotatable bonds is 5. The second kappa shape index (κ2) is 6.98. The van der Waals surface area contributed by atoms with E-state index in [9.17, 15) is 9.90 Å². The number of nitrogens with one attached hydrogen (secondary N) is 1. The maximum atomic E-state index is 12.0. The van der Waals surface area contributed by atoms with Crippen LogP contribution in [0.5, 0.6) is 5.75 Å². The number of aliphatic hydroxyl groups excluding tert-OH is 2. The highest BCUT2D eigenvalue weighted by Gasteiger charge is 2.33. The smallest absolute Gasteiger partial charge is 0.258 e. The number of amides is 1. The fourth-order valence-electron chi connectivity index (χ4n) is 3.09. The van der Waals surface area contributed by atoms with Crippen molar-refractivity contribution in [3.8, 4) is 5.75 Å². The van der Waals surface area contributed by atoms with E-state index in [0.29, 0.717) is 18.6 Å². The zero-order valence-corrected chi connectivity index (χ0v) is 12.8. The van der Waals surface area contributed by atoms with Crippen molar-refractivity contribution in [3.63, 3.8) is 0 Å². The highest BCUT2D eigenvalue weighted by Crippen LogP contribution is 2.25. The lowest BCUT2D eigenvalue weighted by Gasteiger charge is -2.13. The van der Waals surface area contributed by atoms with Crippen molar-refractivity contribution < 1.29 is 19.7 Å². The summed E-state index contributed by atoms with van der Waals surface area (Å²) in [7, 11) is 0. The first-order chi connectivity index (χ1) is 11.2. The van der Waals surface area contributed by atoms with E-state index in [1.807, 2.05) is 42.5 Å². The molecule has 5 nitrogen and oxygen atoms in total. The topological polar surface area (TPSA) is 78.8 Å². The van der Waals surface area contributed by atoms with Gasteiger partial charge in [-0.3, -0.25) is 4.79 Å². The first-order valence-corrected chi connectivity index (χ1v) is 7.85. The van der Waals surface area contributed by atoms with Gasteiger partial charge in [0.15, 0.2) is 6.61 Å². The summed E-state index contributed by atoms with van der Waals surface area (Å²) in [4.78, 5) is 12.0. The van der Waals surface area contributed by atoms with Gasteiger partial charge in [0.2, 0.25) is 0 Å². The van der Waals surface area contributed by atoms with Crippen LogP contribution in [0.25, 0.3) is 10.8 Å². The van der Waals surface area contributed by atoms with Crippen LogP contribution in [0.4, 0.5) is 0 Å². The van der Waals surface area contributed by atoms with Crippen molar-refractivity contribution >= 4 is 16.7 Å². The molecule has 122 valence electrons. The normalized spacial score (nSPS) is 23.8. The second-order valence-electron chi connectivity index (χ2n) is 6.04. The number of fused-ring (bicyclic) bond motifs is 1. The Bertz CT molecular complexity index is 688. The van der Waals surface area contributed by atoms with Gasteiger partial charge in [-0.1, -0.05) is 30.3 Å². The third-order valence-electron chi connectivity index (χ3n) is 4.35. The highest BCUT2D eigenvalue weighted by atomic mass is 16.5. The number of benzene rings is 2. The van der Waals surface area contributed by atoms with Gasteiger partial charge in [0, 0.05) is 18.6 Å². The molecule has 23 heavy (non-hydrogen) atoms. The molecule has 1 aliphatic rings. The summed E-state index contributed by atoms with van der Waals surface area (Å²) in [5, 5.41) is 23.9. The van der Waals surface area contributed by atoms with E-state index < -0.39 is 6.10 Å². The van der Waals surface area contributed by atoms with Crippen LogP contribution in [0.2, 0.25) is 0 Å². The Kier molecular flexibility index (Phi) is 4.79. The Labute approximate surface area is 134 Å². The van der Waals surface area contributed by atoms with Crippen molar-refractivity contribution in [2.75, 3.05) is 13.2 Å². The molecule has 0 heterocycles. The molecule has 1 aliphatic carbocycles. The summed E-state index contributed by atoms with van der Waals surface area (Å²) in [6, 6.07) is 13.6. The molecule has 3 rings (SSSR count). The van der Waals surface area contributed by atoms with E-state index in [0.717, 1.165) is 10.8 Å². The molecule has 2 aromatic rings. The molecule has 0 unspecified atom stereocenters. The van der Waals surface area contributed by atoms with Gasteiger partial charge in [-0.2, -0.15) is 0 Å². The van der Waals surface area contributed by atoms with E-state index in [4.69, 9.17) is 9.84 Å². The van der Waals surface area contributed by atoms with E-state index >= 15 is 0 Å². The number of carbonyl (C=O) groups is 1. The Morgan fingerprint density at radius 1 is 1.17 bits per heavy atom. The number of ether oxygens (including phenoxy) is 1. The molecule has 0 saturated heterocycles. The lowest BCUT2D eigenvalue weighted by Crippen LogP contribution is -2.36. The Balaban J connectivity index is 1.52. The SMILES string of the molecule is O=C(COc1ccc2ccccc2c1)N[C@@H]1C[C@H](CO)[C@H](O)C1. The summed E-state index contributed by atoms with van der Waals surface area (Å²) in [5.74, 6) is 0.286. The molecule has 1 saturated carbocycles. The van der Waals surface area contributed by atoms with Gasteiger partial charge < -0.3 is 20.3 Å². The zero-order valence-electron chi connectivity index (χ0n) is 12.8. The molecule has 0 radical (unpaired) electrons. The molecular formula is C18H21NO4. The average Bonchev–Trinajstić information content (AvgIpc) is 2.92. The quantitative estimate of drug-likeness (QED) is 0.781. The molecule has 3 atom stereocenters. The minimum Gasteiger partial charge on any atom is -0.484 e. The van der Waals surface area contributed by atoms with Crippen molar-refractivity contribution in [1.29, 1.82) is 0 Å². The van der Waals surface area contributed by atoms with E-state index in [1.165, 1.54) is 0 Å². The number of hydrogen-bond donors (Lipinski definition) is 3. The first-order valence-electron chi connectivity index (χ1n) is 7.85. The van der Waals surface area contributed by atoms with E-state index in [2.05, 4.69) is 5.32 Å². The number of carbonyl (C=O) groups excluding carboxylic acids is 1. The van der Waals surface area contributed by atoms with Crippen molar-refractivity contribution in [1.82, 2.24) is 5.32 Å². The largest absolute Gasteiger partial charge is 0.484 e. The number of hydrogen-bond acceptors (Lipinski definition) is 4. The second-order valence-corrected chi connectivity index (χ2v) is 6.04. The van der Waals surface area contributed by atoms with Crippen LogP contribution in [0.1, 0.15) is 12.8 Å². The predicted octanol–water partition coefficient (Wildman–Crippen LogP) is 1.47. The molecule has 0 spiro atoms. The molecule has 2 aromatic carbocycles. The molecule has 0 aromatic heterocycles. The van der Waals surface area contributed by atoms with Crippen molar-refractivity contribution in [2.45, 2.75) is 25.0 Å². The Morgan fingerprint density at radius 3 is 2.70 bits per heavy atom. The molecule has 3 N–H and O–H groups in total. The van der Waals surface area contributed by atoms with Gasteiger partial charge in [-0.15, -0.1) is 0 Å². The van der Waals surface area contributed by atoms with E-state index in [-0.39, 0.29) is 31.1 Å². The molecule has 0 bridgehead atoms. The molecule has 1 amide bonds. The van der Waals surface area contributed by atoms with Gasteiger partial charge in [-0.05, 0) is 35.7 Å². The maximum Gasteiger partial charge on any atom is 0.258 e. The van der Waals surface area contributed by atoms with Crippen LogP contribution in [0.3, 0.4) is 0 Å². The summed E-state index contributed by atoms with van der Waals surface area (Å²) >= 11 is 0. The summed E-state index contributed by atoms with van der Waals surface area (Å²) < 4.78 is 5.54. The standard InChI is InChI=1S/C18H21NO4/c20-10-14-7-15(9-17(14)21)19-18(22)11-23-16-6-5-12-3-1-2-4-13(12)8-16/h1-6,8,14-15,17,20-21H,7,9-11H2,(H,19,22)/t14-,15-,17-/m1/s1. The van der Waals surface area contributed by atoms with Crippen LogP contribution in [0, 0.1) is 5.92 Å². The molecule has 5 heteroatoms. The lowest BCUT2D eigenvalue weighted by atomic mass is 10.1. The molecule has 0 aliphatic heterocycles. The summed E-state index contributed by atoms with van der Waals surface area (Å²) in [6.45, 7) is -0.115. The summed E-state index contributed by atoms with van der Waals surface area (Å²) in [5.41, 5.74) is 0. The Hall–Kier alpha value is -2.11. The zero-order chi connectivity index (χ0) is 16.2. The third-order valence-corrected chi connectivity index (χ3v) is 4.35. The van der Waals surface area contributed by atoms with Crippen molar-refractivity contribution in [3.05, 3.63) is 42.5 Å². The average molecular weight is 315 g/mol. The van der Waals surface area contributed by atoms with Crippen LogP contribution < -0.4 is 10.1 Å². The van der Waals surface area contributed by atoms with Gasteiger partial charge in [-0.25, -0.2) is 0 Å². The monoisotopic (exact) mass is 315 g/mol. The van der Waals surface area contributed by atoms with Crippen LogP contribution in [0.15, 0.2) is 42.5 Å². The first kappa shape index (κ1) is 15.8. The van der Waals surface area contributed by atoms with Crippen LogP contribution in [-0.4, -0.2) is 41.5 Å². The van der Waals surface area contributed by atoms with Crippen molar-refractivity contribution in [2.24, 2.45) is 5.92 Å². The van der Waals surface area contributed by atoms with E-state index in [1.54, 1.807) is 0 Å². The predicted molar refractivity (Wildman–Crippen MR) is 87.2 cm³/mol. The number of aliphatic hydroxyl groups is 2. The highest BCUT2D eigenvalue weighted by molar-refractivity contribution is 5.84. The summed E-state index contributed by atoms with van der Waals surface area (Å²) in [6.07, 6.45) is 0.526. The van der Waals surface area contributed by atoms with Crippen LogP contribution >= 0.6 is 0 Å². The van der Waals surface area contributed by atoms with Gasteiger partial charge in [0.05, 0.1) is 6.10 Å².